The minimum Gasteiger partial charge on any atom is -0.496 e. The van der Waals surface area contributed by atoms with Gasteiger partial charge in [-0.15, -0.1) is 0 Å². The molecule has 586 valence electrons. The summed E-state index contributed by atoms with van der Waals surface area (Å²) < 4.78 is 10.9. The molecule has 0 saturated heterocycles. The molecule has 116 heavy (non-hydrogen) atoms. The summed E-state index contributed by atoms with van der Waals surface area (Å²) in [7, 11) is 5.32. The fraction of sp³-hybridized carbons (Fsp3) is 0.185. The monoisotopic (exact) mass is 1640 g/mol. The number of rotatable bonds is 18. The molecule has 2 saturated carbocycles. The molecule has 0 aliphatic heterocycles. The maximum Gasteiger partial charge on any atom is 3.00 e. The van der Waals surface area contributed by atoms with Gasteiger partial charge in [0, 0.05) is 10.6 Å². The van der Waals surface area contributed by atoms with E-state index in [0.29, 0.717) is 10.3 Å². The van der Waals surface area contributed by atoms with Crippen LogP contribution < -0.4 is 85.6 Å². The zero-order chi connectivity index (χ0) is 79.4. The fourth-order valence-corrected chi connectivity index (χ4v) is 21.8. The van der Waals surface area contributed by atoms with E-state index in [4.69, 9.17) is 9.47 Å². The van der Waals surface area contributed by atoms with Gasteiger partial charge < -0.3 is 9.47 Å². The predicted octanol–water partition coefficient (Wildman–Crippen LogP) is 19.3. The number of hydrogen-bond acceptors (Lipinski definition) is 2. The Kier molecular flexibility index (Phi) is 33.9. The molecule has 3 aliphatic carbocycles. The molecule has 0 aromatic heterocycles. The molecule has 14 aromatic carbocycles. The summed E-state index contributed by atoms with van der Waals surface area (Å²) in [5.74, 6) is 2.13. The summed E-state index contributed by atoms with van der Waals surface area (Å²) in [6, 6.07) is 148. The number of hydrogen-bond donors (Lipinski definition) is 0. The number of methoxy groups -OCH3 is 2. The second-order valence-corrected chi connectivity index (χ2v) is 35.5. The summed E-state index contributed by atoms with van der Waals surface area (Å²) in [6.07, 6.45) is 24.3. The second kappa shape index (κ2) is 45.4. The Bertz CT molecular complexity index is 4130. The van der Waals surface area contributed by atoms with E-state index in [2.05, 4.69) is 451 Å². The third-order valence-corrected chi connectivity index (χ3v) is 27.5. The predicted molar refractivity (Wildman–Crippen MR) is 512 cm³/mol. The van der Waals surface area contributed by atoms with E-state index >= 15 is 0 Å². The summed E-state index contributed by atoms with van der Waals surface area (Å²) in [5, 5.41) is 3.84. The Morgan fingerprint density at radius 3 is 0.509 bits per heavy atom. The normalized spacial score (nSPS) is 14.4. The van der Waals surface area contributed by atoms with Gasteiger partial charge in [0.1, 0.15) is 29.9 Å². The molecular weight excluding hydrogens is 1530 g/mol. The van der Waals surface area contributed by atoms with Gasteiger partial charge in [0.25, 0.3) is 0 Å². The van der Waals surface area contributed by atoms with Crippen LogP contribution in [0.2, 0.25) is 0 Å². The smallest absolute Gasteiger partial charge is 0.496 e. The molecule has 2 unspecified atom stereocenters. The van der Waals surface area contributed by atoms with E-state index in [1.807, 2.05) is 0 Å². The van der Waals surface area contributed by atoms with Crippen molar-refractivity contribution in [1.82, 2.24) is 0 Å². The summed E-state index contributed by atoms with van der Waals surface area (Å²) in [4.78, 5) is 0. The van der Waals surface area contributed by atoms with E-state index in [1.165, 1.54) is 166 Å². The standard InChI is InChI=1S/3C24H20B.2C14H21OP.C8H12.Rh/c3*1-5-13-21(14-6-1)25(22-15-7-2-8-16-22,23-17-9-3-10-18-23)24-19-11-4-12-20-24;2*1-14(10-6-3-7-11-14)16-13-9-5-4-8-12(13)15-2;1-2-4-6-8-7-5-3-1;/h3*1-20H;2*4-5,8-9,16H,3,6-7,10-11H2,1-2H3;1-2,7-8H,3-6H2;/q3*-1;;;;+3/b;;;;;2-1-,8-7?;. The maximum atomic E-state index is 5.44. The zero-order valence-corrected chi connectivity index (χ0v) is 72.0. The largest absolute Gasteiger partial charge is 3.00 e. The molecule has 2 nitrogen and oxygen atoms in total. The number of para-hydroxylation sites is 2. The number of benzene rings is 14. The van der Waals surface area contributed by atoms with Gasteiger partial charge in [-0.2, -0.15) is 65.6 Å². The van der Waals surface area contributed by atoms with Gasteiger partial charge in [-0.1, -0.05) is 494 Å². The molecule has 0 N–H and O–H groups in total. The molecular formula is C108H114B3O2P2Rh. The van der Waals surface area contributed by atoms with Crippen LogP contribution in [0.25, 0.3) is 0 Å². The first-order chi connectivity index (χ1) is 56.7. The molecule has 0 spiro atoms. The topological polar surface area (TPSA) is 18.5 Å². The van der Waals surface area contributed by atoms with Gasteiger partial charge in [-0.3, -0.25) is 0 Å². The van der Waals surface area contributed by atoms with Crippen LogP contribution in [-0.2, 0) is 19.5 Å². The first kappa shape index (κ1) is 86.7. The Hall–Kier alpha value is -10.2. The van der Waals surface area contributed by atoms with E-state index in [-0.39, 0.29) is 19.5 Å². The molecule has 0 amide bonds. The third-order valence-electron chi connectivity index (χ3n) is 23.9. The number of ether oxygens (including phenoxy) is 2. The van der Waals surface area contributed by atoms with Crippen LogP contribution in [0.4, 0.5) is 0 Å². The molecule has 0 heterocycles. The van der Waals surface area contributed by atoms with Crippen molar-refractivity contribution < 1.29 is 29.0 Å². The van der Waals surface area contributed by atoms with Crippen LogP contribution in [-0.4, -0.2) is 43.0 Å². The first-order valence-corrected chi connectivity index (χ1v) is 44.0. The second-order valence-electron chi connectivity index (χ2n) is 31.5. The summed E-state index contributed by atoms with van der Waals surface area (Å²) in [6.45, 7) is 4.88. The van der Waals surface area contributed by atoms with Gasteiger partial charge in [0.15, 0.2) is 0 Å². The minimum absolute atomic E-state index is 0. The van der Waals surface area contributed by atoms with Crippen molar-refractivity contribution in [2.75, 3.05) is 14.2 Å². The van der Waals surface area contributed by atoms with Gasteiger partial charge in [-0.25, -0.2) is 0 Å². The third kappa shape index (κ3) is 22.3. The van der Waals surface area contributed by atoms with Crippen molar-refractivity contribution in [3.05, 3.63) is 437 Å². The van der Waals surface area contributed by atoms with Gasteiger partial charge in [-0.05, 0) is 73.8 Å². The summed E-state index contributed by atoms with van der Waals surface area (Å²) >= 11 is 0. The average Bonchev–Trinajstić information content (AvgIpc) is 0.749. The zero-order valence-electron chi connectivity index (χ0n) is 68.4. The molecule has 8 heteroatoms. The van der Waals surface area contributed by atoms with Crippen molar-refractivity contribution in [1.29, 1.82) is 0 Å². The van der Waals surface area contributed by atoms with E-state index in [1.54, 1.807) is 14.2 Å². The van der Waals surface area contributed by atoms with Crippen LogP contribution >= 0.6 is 17.2 Å². The molecule has 2 fully saturated rings. The van der Waals surface area contributed by atoms with Crippen molar-refractivity contribution in [3.63, 3.8) is 0 Å². The van der Waals surface area contributed by atoms with Crippen molar-refractivity contribution in [3.8, 4) is 11.5 Å². The minimum atomic E-state index is -1.22. The maximum absolute atomic E-state index is 5.44. The fourth-order valence-electron chi connectivity index (χ4n) is 18.3. The summed E-state index contributed by atoms with van der Waals surface area (Å²) in [5.41, 5.74) is 16.1. The van der Waals surface area contributed by atoms with Gasteiger partial charge >= 0.3 is 19.5 Å². The van der Waals surface area contributed by atoms with Crippen molar-refractivity contribution in [2.45, 2.75) is 114 Å². The van der Waals surface area contributed by atoms with Gasteiger partial charge in [0.05, 0.1) is 14.2 Å². The average molecular weight is 1640 g/mol. The molecule has 2 atom stereocenters. The van der Waals surface area contributed by atoms with E-state index < -0.39 is 18.4 Å². The number of allylic oxidation sites excluding steroid dienone is 4. The van der Waals surface area contributed by atoms with Crippen LogP contribution in [0.3, 0.4) is 0 Å². The van der Waals surface area contributed by atoms with E-state index in [9.17, 15) is 0 Å². The van der Waals surface area contributed by atoms with Gasteiger partial charge in [0.2, 0.25) is 0 Å². The SMILES string of the molecule is C1=CCC/C=C\CC1.COc1ccccc1PC1(C)CCCCC1.COc1ccccc1PC1(C)CCCCC1.[Rh+3].c1ccc([B-](c2ccccc2)(c2ccccc2)c2ccccc2)cc1.c1ccc([B-](c2ccccc2)(c2ccccc2)c2ccccc2)cc1.c1ccc([B-](c2ccccc2)(c2ccccc2)c2ccccc2)cc1. The van der Waals surface area contributed by atoms with Crippen molar-refractivity contribution >= 4 is 112 Å². The van der Waals surface area contributed by atoms with Crippen LogP contribution in [0.1, 0.15) is 104 Å². The molecule has 3 aliphatic rings. The van der Waals surface area contributed by atoms with Crippen molar-refractivity contribution in [2.24, 2.45) is 0 Å². The Morgan fingerprint density at radius 1 is 0.207 bits per heavy atom. The first-order valence-electron chi connectivity index (χ1n) is 42.0. The van der Waals surface area contributed by atoms with Crippen LogP contribution in [0.5, 0.6) is 11.5 Å². The van der Waals surface area contributed by atoms with Crippen LogP contribution in [0, 0.1) is 0 Å². The Labute approximate surface area is 711 Å². The molecule has 0 radical (unpaired) electrons. The molecule has 17 rings (SSSR count). The molecule has 0 bridgehead atoms. The Balaban J connectivity index is 0.000000140. The Morgan fingerprint density at radius 2 is 0.353 bits per heavy atom. The molecule has 14 aromatic rings. The van der Waals surface area contributed by atoms with Crippen LogP contribution in [0.15, 0.2) is 437 Å². The quantitative estimate of drug-likeness (QED) is 0.0484. The van der Waals surface area contributed by atoms with E-state index in [0.717, 1.165) is 28.7 Å².